The van der Waals surface area contributed by atoms with Gasteiger partial charge in [0, 0.05) is 48.0 Å². The number of benzene rings is 2. The van der Waals surface area contributed by atoms with E-state index in [0.29, 0.717) is 46.1 Å². The van der Waals surface area contributed by atoms with Crippen molar-refractivity contribution >= 4 is 11.1 Å². The Hall–Kier alpha value is -4.51. The minimum Gasteiger partial charge on any atom is -0.456 e. The smallest absolute Gasteiger partial charge is 0.181 e. The van der Waals surface area contributed by atoms with Crippen LogP contribution in [0.5, 0.6) is 11.5 Å². The molecule has 7 nitrogen and oxygen atoms in total. The lowest BCUT2D eigenvalue weighted by Gasteiger charge is -2.10. The highest BCUT2D eigenvalue weighted by molar-refractivity contribution is 5.92. The summed E-state index contributed by atoms with van der Waals surface area (Å²) in [6, 6.07) is 22.2. The second kappa shape index (κ2) is 9.77. The van der Waals surface area contributed by atoms with Crippen LogP contribution in [0.3, 0.4) is 0 Å². The van der Waals surface area contributed by atoms with Gasteiger partial charge in [-0.25, -0.2) is 0 Å². The third-order valence-electron chi connectivity index (χ3n) is 5.51. The SMILES string of the molecule is CCOC(O)c1ccc(-c2cc3nccc(-c4ccc(Oc5ccncc5)c(C#N)c4)c3o2)cc1. The summed E-state index contributed by atoms with van der Waals surface area (Å²) >= 11 is 0. The Labute approximate surface area is 201 Å². The molecule has 0 bridgehead atoms. The van der Waals surface area contributed by atoms with Crippen molar-refractivity contribution in [1.29, 1.82) is 5.26 Å². The Balaban J connectivity index is 1.48. The minimum atomic E-state index is -0.960. The van der Waals surface area contributed by atoms with Gasteiger partial charge in [0.15, 0.2) is 11.9 Å². The Bertz CT molecular complexity index is 1510. The van der Waals surface area contributed by atoms with Crippen molar-refractivity contribution in [2.75, 3.05) is 6.61 Å². The summed E-state index contributed by atoms with van der Waals surface area (Å²) in [6.07, 6.45) is 4.02. The van der Waals surface area contributed by atoms with Gasteiger partial charge < -0.3 is 19.0 Å². The predicted molar refractivity (Wildman–Crippen MR) is 130 cm³/mol. The number of nitrogens with zero attached hydrogens (tertiary/aromatic N) is 3. The summed E-state index contributed by atoms with van der Waals surface area (Å²) in [5.41, 5.74) is 4.87. The molecule has 3 heterocycles. The number of aliphatic hydroxyl groups is 1. The molecule has 0 radical (unpaired) electrons. The molecule has 1 unspecified atom stereocenters. The van der Waals surface area contributed by atoms with Gasteiger partial charge in [-0.3, -0.25) is 9.97 Å². The number of aromatic nitrogens is 2. The highest BCUT2D eigenvalue weighted by Crippen LogP contribution is 2.36. The quantitative estimate of drug-likeness (QED) is 0.285. The minimum absolute atomic E-state index is 0.402. The maximum atomic E-state index is 10.0. The van der Waals surface area contributed by atoms with Crippen LogP contribution >= 0.6 is 0 Å². The van der Waals surface area contributed by atoms with Crippen LogP contribution in [-0.2, 0) is 4.74 Å². The van der Waals surface area contributed by atoms with Crippen LogP contribution in [-0.4, -0.2) is 21.7 Å². The van der Waals surface area contributed by atoms with Crippen LogP contribution in [0.25, 0.3) is 33.6 Å². The van der Waals surface area contributed by atoms with Crippen LogP contribution in [0.15, 0.2) is 89.7 Å². The molecule has 0 spiro atoms. The first-order chi connectivity index (χ1) is 17.2. The van der Waals surface area contributed by atoms with E-state index >= 15 is 0 Å². The Morgan fingerprint density at radius 2 is 1.74 bits per heavy atom. The molecule has 0 aliphatic carbocycles. The zero-order valence-corrected chi connectivity index (χ0v) is 18.9. The fourth-order valence-corrected chi connectivity index (χ4v) is 3.78. The highest BCUT2D eigenvalue weighted by Gasteiger charge is 2.15. The van der Waals surface area contributed by atoms with Gasteiger partial charge in [-0.05, 0) is 42.8 Å². The van der Waals surface area contributed by atoms with Crippen molar-refractivity contribution in [2.24, 2.45) is 0 Å². The predicted octanol–water partition coefficient (Wildman–Crippen LogP) is 6.25. The van der Waals surface area contributed by atoms with Crippen LogP contribution in [0.1, 0.15) is 24.3 Å². The Morgan fingerprint density at radius 3 is 2.49 bits per heavy atom. The Kier molecular flexibility index (Phi) is 6.22. The summed E-state index contributed by atoms with van der Waals surface area (Å²) in [6.45, 7) is 2.25. The van der Waals surface area contributed by atoms with Crippen molar-refractivity contribution < 1.29 is 19.0 Å². The van der Waals surface area contributed by atoms with Crippen molar-refractivity contribution in [3.8, 4) is 40.0 Å². The van der Waals surface area contributed by atoms with Gasteiger partial charge in [-0.2, -0.15) is 5.26 Å². The molecule has 1 atom stereocenters. The van der Waals surface area contributed by atoms with Crippen molar-refractivity contribution in [2.45, 2.75) is 13.2 Å². The maximum absolute atomic E-state index is 10.0. The van der Waals surface area contributed by atoms with E-state index in [1.807, 2.05) is 37.3 Å². The van der Waals surface area contributed by atoms with Crippen LogP contribution < -0.4 is 4.74 Å². The largest absolute Gasteiger partial charge is 0.456 e. The van der Waals surface area contributed by atoms with Gasteiger partial charge in [0.2, 0.25) is 0 Å². The van der Waals surface area contributed by atoms with Gasteiger partial charge in [0.1, 0.15) is 28.8 Å². The number of nitriles is 1. The summed E-state index contributed by atoms with van der Waals surface area (Å²) in [7, 11) is 0. The molecule has 1 N–H and O–H groups in total. The molecule has 0 aliphatic heterocycles. The van der Waals surface area contributed by atoms with E-state index in [4.69, 9.17) is 13.9 Å². The summed E-state index contributed by atoms with van der Waals surface area (Å²) < 4.78 is 17.3. The van der Waals surface area contributed by atoms with Crippen LogP contribution in [0.4, 0.5) is 0 Å². The molecule has 0 saturated carbocycles. The number of aliphatic hydroxyl groups excluding tert-OH is 1. The molecule has 172 valence electrons. The van der Waals surface area contributed by atoms with E-state index < -0.39 is 6.29 Å². The average molecular weight is 463 g/mol. The first-order valence-corrected chi connectivity index (χ1v) is 11.1. The lowest BCUT2D eigenvalue weighted by molar-refractivity contribution is -0.0979. The van der Waals surface area contributed by atoms with Crippen LogP contribution in [0, 0.1) is 11.3 Å². The average Bonchev–Trinajstić information content (AvgIpc) is 3.34. The van der Waals surface area contributed by atoms with Crippen molar-refractivity contribution in [3.63, 3.8) is 0 Å². The van der Waals surface area contributed by atoms with E-state index in [1.54, 1.807) is 55.0 Å². The normalized spacial score (nSPS) is 11.8. The zero-order chi connectivity index (χ0) is 24.2. The molecule has 5 rings (SSSR count). The second-order valence-electron chi connectivity index (χ2n) is 7.72. The lowest BCUT2D eigenvalue weighted by atomic mass is 10.0. The first-order valence-electron chi connectivity index (χ1n) is 11.1. The van der Waals surface area contributed by atoms with E-state index in [2.05, 4.69) is 16.0 Å². The molecular weight excluding hydrogens is 442 g/mol. The fourth-order valence-electron chi connectivity index (χ4n) is 3.78. The summed E-state index contributed by atoms with van der Waals surface area (Å²) in [5.74, 6) is 1.71. The molecule has 0 fully saturated rings. The third kappa shape index (κ3) is 4.62. The van der Waals surface area contributed by atoms with E-state index in [1.165, 1.54) is 0 Å². The standard InChI is InChI=1S/C28H21N3O4/c1-2-33-28(32)19-5-3-18(4-6-19)26-16-24-27(35-26)23(11-14-31-24)20-7-8-25(21(15-20)17-29)34-22-9-12-30-13-10-22/h3-16,28,32H,2H2,1H3. The number of pyridine rings is 2. The molecule has 3 aromatic heterocycles. The topological polar surface area (TPSA) is 101 Å². The first kappa shape index (κ1) is 22.3. The molecule has 35 heavy (non-hydrogen) atoms. The van der Waals surface area contributed by atoms with E-state index in [0.717, 1.165) is 16.7 Å². The number of ether oxygens (including phenoxy) is 2. The zero-order valence-electron chi connectivity index (χ0n) is 18.9. The number of furan rings is 1. The van der Waals surface area contributed by atoms with Gasteiger partial charge in [-0.15, -0.1) is 0 Å². The molecular formula is C28H21N3O4. The Morgan fingerprint density at radius 1 is 0.971 bits per heavy atom. The van der Waals surface area contributed by atoms with Gasteiger partial charge in [0.05, 0.1) is 5.56 Å². The number of hydrogen-bond donors (Lipinski definition) is 1. The third-order valence-corrected chi connectivity index (χ3v) is 5.51. The number of hydrogen-bond acceptors (Lipinski definition) is 7. The van der Waals surface area contributed by atoms with Crippen molar-refractivity contribution in [1.82, 2.24) is 9.97 Å². The summed E-state index contributed by atoms with van der Waals surface area (Å²) in [4.78, 5) is 8.43. The number of rotatable bonds is 7. The van der Waals surface area contributed by atoms with Crippen molar-refractivity contribution in [3.05, 3.63) is 96.4 Å². The molecule has 0 aliphatic rings. The van der Waals surface area contributed by atoms with E-state index in [9.17, 15) is 10.4 Å². The molecule has 0 amide bonds. The molecule has 7 heteroatoms. The highest BCUT2D eigenvalue weighted by atomic mass is 16.6. The maximum Gasteiger partial charge on any atom is 0.181 e. The monoisotopic (exact) mass is 463 g/mol. The lowest BCUT2D eigenvalue weighted by Crippen LogP contribution is -2.02. The van der Waals surface area contributed by atoms with Crippen LogP contribution in [0.2, 0.25) is 0 Å². The van der Waals surface area contributed by atoms with Gasteiger partial charge in [-0.1, -0.05) is 30.3 Å². The fraction of sp³-hybridized carbons (Fsp3) is 0.107. The molecule has 2 aromatic carbocycles. The summed E-state index contributed by atoms with van der Waals surface area (Å²) in [5, 5.41) is 19.7. The molecule has 0 saturated heterocycles. The second-order valence-corrected chi connectivity index (χ2v) is 7.72. The molecule has 5 aromatic rings. The van der Waals surface area contributed by atoms with Gasteiger partial charge >= 0.3 is 0 Å². The van der Waals surface area contributed by atoms with Gasteiger partial charge in [0.25, 0.3) is 0 Å². The number of fused-ring (bicyclic) bond motifs is 1. The van der Waals surface area contributed by atoms with E-state index in [-0.39, 0.29) is 0 Å².